The minimum atomic E-state index is -4.75. The summed E-state index contributed by atoms with van der Waals surface area (Å²) in [5.41, 5.74) is 10.1. The minimum absolute atomic E-state index is 0.157. The van der Waals surface area contributed by atoms with Gasteiger partial charge in [0.05, 0.1) is 11.0 Å². The number of aromatic nitrogens is 2. The average molecular weight is 515 g/mol. The summed E-state index contributed by atoms with van der Waals surface area (Å²) >= 11 is 0. The van der Waals surface area contributed by atoms with Crippen LogP contribution in [0.4, 0.5) is 24.8 Å². The molecule has 0 saturated heterocycles. The van der Waals surface area contributed by atoms with E-state index in [9.17, 15) is 18.0 Å². The van der Waals surface area contributed by atoms with Gasteiger partial charge in [0.2, 0.25) is 11.9 Å². The zero-order valence-corrected chi connectivity index (χ0v) is 21.7. The SMILES string of the molecule is CC(C(N)=O)=C(C)c1ccc2c(c1)nc(Nc1ccc(OC(F)(F)F)cc1)n2C1CC(C)CC(C)(C)C1. The molecule has 0 bridgehead atoms. The fraction of sp³-hybridized carbons (Fsp3) is 0.429. The second-order valence-electron chi connectivity index (χ2n) is 10.9. The molecule has 37 heavy (non-hydrogen) atoms. The third kappa shape index (κ3) is 6.09. The number of amides is 1. The van der Waals surface area contributed by atoms with Crippen molar-refractivity contribution in [1.29, 1.82) is 0 Å². The maximum absolute atomic E-state index is 12.6. The first-order valence-electron chi connectivity index (χ1n) is 12.3. The fourth-order valence-electron chi connectivity index (χ4n) is 5.55. The number of hydrogen-bond acceptors (Lipinski definition) is 4. The maximum Gasteiger partial charge on any atom is 0.573 e. The quantitative estimate of drug-likeness (QED) is 0.337. The Morgan fingerprint density at radius 1 is 1.14 bits per heavy atom. The largest absolute Gasteiger partial charge is 0.573 e. The van der Waals surface area contributed by atoms with Gasteiger partial charge in [-0.15, -0.1) is 13.2 Å². The number of anilines is 2. The van der Waals surface area contributed by atoms with Crippen molar-refractivity contribution >= 4 is 34.1 Å². The Morgan fingerprint density at radius 3 is 2.41 bits per heavy atom. The molecule has 0 radical (unpaired) electrons. The van der Waals surface area contributed by atoms with Crippen molar-refractivity contribution in [1.82, 2.24) is 9.55 Å². The lowest BCUT2D eigenvalue weighted by atomic mass is 9.70. The first kappa shape index (κ1) is 26.6. The highest BCUT2D eigenvalue weighted by molar-refractivity contribution is 6.00. The van der Waals surface area contributed by atoms with Crippen LogP contribution in [0.2, 0.25) is 0 Å². The zero-order chi connectivity index (χ0) is 27.1. The summed E-state index contributed by atoms with van der Waals surface area (Å²) in [5.74, 6) is 0.383. The molecule has 1 fully saturated rings. The van der Waals surface area contributed by atoms with Gasteiger partial charge >= 0.3 is 6.36 Å². The predicted molar refractivity (Wildman–Crippen MR) is 139 cm³/mol. The highest BCUT2D eigenvalue weighted by atomic mass is 19.4. The van der Waals surface area contributed by atoms with E-state index in [1.165, 1.54) is 24.3 Å². The van der Waals surface area contributed by atoms with Crippen molar-refractivity contribution in [3.63, 3.8) is 0 Å². The smallest absolute Gasteiger partial charge is 0.406 e. The predicted octanol–water partition coefficient (Wildman–Crippen LogP) is 7.34. The Labute approximate surface area is 214 Å². The second-order valence-corrected chi connectivity index (χ2v) is 10.9. The third-order valence-electron chi connectivity index (χ3n) is 7.13. The summed E-state index contributed by atoms with van der Waals surface area (Å²) in [6.45, 7) is 10.4. The van der Waals surface area contributed by atoms with Gasteiger partial charge in [0, 0.05) is 17.3 Å². The van der Waals surface area contributed by atoms with E-state index in [4.69, 9.17) is 10.7 Å². The van der Waals surface area contributed by atoms with Gasteiger partial charge in [-0.1, -0.05) is 26.8 Å². The Bertz CT molecular complexity index is 1340. The van der Waals surface area contributed by atoms with Gasteiger partial charge in [0.1, 0.15) is 5.75 Å². The number of nitrogens with one attached hydrogen (secondary N) is 1. The number of imidazole rings is 1. The number of nitrogens with zero attached hydrogens (tertiary/aromatic N) is 2. The molecule has 4 rings (SSSR count). The van der Waals surface area contributed by atoms with Crippen LogP contribution in [0.3, 0.4) is 0 Å². The van der Waals surface area contributed by atoms with E-state index in [1.807, 2.05) is 25.1 Å². The number of hydrogen-bond donors (Lipinski definition) is 2. The number of nitrogens with two attached hydrogens (primary N) is 1. The van der Waals surface area contributed by atoms with E-state index in [0.717, 1.165) is 41.4 Å². The summed E-state index contributed by atoms with van der Waals surface area (Å²) in [6, 6.07) is 11.7. The normalized spacial score (nSPS) is 20.4. The topological polar surface area (TPSA) is 82.2 Å². The number of ether oxygens (including phenoxy) is 1. The van der Waals surface area contributed by atoms with Crippen molar-refractivity contribution in [2.75, 3.05) is 5.32 Å². The first-order valence-corrected chi connectivity index (χ1v) is 12.3. The summed E-state index contributed by atoms with van der Waals surface area (Å²) in [5, 5.41) is 3.31. The summed E-state index contributed by atoms with van der Waals surface area (Å²) in [7, 11) is 0. The van der Waals surface area contributed by atoms with Crippen LogP contribution in [0, 0.1) is 11.3 Å². The second kappa shape index (κ2) is 9.76. The molecule has 1 heterocycles. The van der Waals surface area contributed by atoms with Crippen LogP contribution in [0.5, 0.6) is 5.75 Å². The summed E-state index contributed by atoms with van der Waals surface area (Å²) < 4.78 is 43.9. The summed E-state index contributed by atoms with van der Waals surface area (Å²) in [4.78, 5) is 16.6. The van der Waals surface area contributed by atoms with Crippen molar-refractivity contribution in [2.45, 2.75) is 66.3 Å². The molecule has 9 heteroatoms. The number of allylic oxidation sites excluding steroid dienone is 1. The molecule has 1 aliphatic rings. The van der Waals surface area contributed by atoms with Crippen LogP contribution in [0.1, 0.15) is 65.5 Å². The zero-order valence-electron chi connectivity index (χ0n) is 21.7. The molecule has 1 amide bonds. The average Bonchev–Trinajstić information content (AvgIpc) is 3.14. The number of carbonyl (C=O) groups excluding carboxylic acids is 1. The van der Waals surface area contributed by atoms with Crippen LogP contribution < -0.4 is 15.8 Å². The van der Waals surface area contributed by atoms with Crippen LogP contribution in [0.15, 0.2) is 48.0 Å². The fourth-order valence-corrected chi connectivity index (χ4v) is 5.55. The van der Waals surface area contributed by atoms with Crippen molar-refractivity contribution < 1.29 is 22.7 Å². The molecule has 1 saturated carbocycles. The van der Waals surface area contributed by atoms with E-state index in [1.54, 1.807) is 6.92 Å². The van der Waals surface area contributed by atoms with E-state index in [-0.39, 0.29) is 17.2 Å². The lowest BCUT2D eigenvalue weighted by molar-refractivity contribution is -0.274. The molecule has 198 valence electrons. The Kier molecular flexibility index (Phi) is 7.01. The third-order valence-corrected chi connectivity index (χ3v) is 7.13. The van der Waals surface area contributed by atoms with Gasteiger partial charge < -0.3 is 20.4 Å². The minimum Gasteiger partial charge on any atom is -0.406 e. The molecule has 0 aliphatic heterocycles. The number of primary amides is 1. The van der Waals surface area contributed by atoms with Gasteiger partial charge in [0.25, 0.3) is 0 Å². The van der Waals surface area contributed by atoms with Crippen molar-refractivity contribution in [2.24, 2.45) is 17.1 Å². The molecular formula is C28H33F3N4O2. The molecule has 0 spiro atoms. The van der Waals surface area contributed by atoms with Crippen molar-refractivity contribution in [3.05, 3.63) is 53.6 Å². The Balaban J connectivity index is 1.77. The summed E-state index contributed by atoms with van der Waals surface area (Å²) in [6.07, 6.45) is -1.65. The molecule has 6 nitrogen and oxygen atoms in total. The molecule has 1 aromatic heterocycles. The van der Waals surface area contributed by atoms with E-state index in [0.29, 0.717) is 23.1 Å². The van der Waals surface area contributed by atoms with Gasteiger partial charge in [-0.05, 0) is 92.0 Å². The lowest BCUT2D eigenvalue weighted by Crippen LogP contribution is -2.29. The number of carbonyl (C=O) groups is 1. The highest BCUT2D eigenvalue weighted by Crippen LogP contribution is 2.46. The molecule has 3 N–H and O–H groups in total. The van der Waals surface area contributed by atoms with Gasteiger partial charge in [-0.2, -0.15) is 0 Å². The Morgan fingerprint density at radius 2 is 1.81 bits per heavy atom. The van der Waals surface area contributed by atoms with E-state index < -0.39 is 12.3 Å². The number of halogens is 3. The molecular weight excluding hydrogens is 481 g/mol. The van der Waals surface area contributed by atoms with Gasteiger partial charge in [-0.3, -0.25) is 4.79 Å². The number of fused-ring (bicyclic) bond motifs is 1. The van der Waals surface area contributed by atoms with Crippen LogP contribution in [0.25, 0.3) is 16.6 Å². The van der Waals surface area contributed by atoms with E-state index >= 15 is 0 Å². The molecule has 2 atom stereocenters. The van der Waals surface area contributed by atoms with Gasteiger partial charge in [-0.25, -0.2) is 4.98 Å². The molecule has 2 aromatic carbocycles. The standard InChI is InChI=1S/C28H33F3N4O2/c1-16-12-21(15-27(4,5)14-16)35-24-11-6-19(17(2)18(3)25(32)36)13-23(24)34-26(35)33-20-7-9-22(10-8-20)37-28(29,30)31/h6-11,13,16,21H,12,14-15H2,1-5H3,(H2,32,36)(H,33,34). The molecule has 2 unspecified atom stereocenters. The maximum atomic E-state index is 12.6. The van der Waals surface area contributed by atoms with Crippen molar-refractivity contribution in [3.8, 4) is 5.75 Å². The van der Waals surface area contributed by atoms with Crippen LogP contribution in [-0.2, 0) is 4.79 Å². The number of alkyl halides is 3. The number of benzene rings is 2. The van der Waals surface area contributed by atoms with E-state index in [2.05, 4.69) is 35.4 Å². The number of rotatable bonds is 6. The van der Waals surface area contributed by atoms with Crippen LogP contribution in [-0.4, -0.2) is 21.8 Å². The molecule has 1 aliphatic carbocycles. The lowest BCUT2D eigenvalue weighted by Gasteiger charge is -2.40. The van der Waals surface area contributed by atoms with Crippen LogP contribution >= 0.6 is 0 Å². The Hall–Kier alpha value is -3.49. The highest BCUT2D eigenvalue weighted by Gasteiger charge is 2.35. The monoisotopic (exact) mass is 514 g/mol. The van der Waals surface area contributed by atoms with Gasteiger partial charge in [0.15, 0.2) is 0 Å². The molecule has 3 aromatic rings. The first-order chi connectivity index (χ1) is 17.2.